The Morgan fingerprint density at radius 2 is 1.56 bits per heavy atom. The Labute approximate surface area is 242 Å². The molecule has 41 heavy (non-hydrogen) atoms. The van der Waals surface area contributed by atoms with E-state index in [1.54, 1.807) is 96.4 Å². The summed E-state index contributed by atoms with van der Waals surface area (Å²) in [5.41, 5.74) is 2.24. The summed E-state index contributed by atoms with van der Waals surface area (Å²) in [7, 11) is -0.710. The van der Waals surface area contributed by atoms with E-state index in [2.05, 4.69) is 15.4 Å². The van der Waals surface area contributed by atoms with E-state index in [0.717, 1.165) is 0 Å². The minimum absolute atomic E-state index is 0.0267. The van der Waals surface area contributed by atoms with Crippen molar-refractivity contribution in [3.63, 3.8) is 0 Å². The molecule has 3 N–H and O–H groups in total. The predicted molar refractivity (Wildman–Crippen MR) is 161 cm³/mol. The first-order chi connectivity index (χ1) is 19.3. The van der Waals surface area contributed by atoms with Crippen LogP contribution in [0.15, 0.2) is 71.6 Å². The molecule has 0 unspecified atom stereocenters. The quantitative estimate of drug-likeness (QED) is 0.266. The molecule has 10 nitrogen and oxygen atoms in total. The summed E-state index contributed by atoms with van der Waals surface area (Å²) >= 11 is 0. The van der Waals surface area contributed by atoms with Crippen molar-refractivity contribution in [2.75, 3.05) is 43.8 Å². The fraction of sp³-hybridized carbons (Fsp3) is 0.333. The molecule has 11 heteroatoms. The van der Waals surface area contributed by atoms with E-state index in [1.807, 2.05) is 6.07 Å². The highest BCUT2D eigenvalue weighted by molar-refractivity contribution is 7.92. The second kappa shape index (κ2) is 13.4. The zero-order valence-corrected chi connectivity index (χ0v) is 25.1. The number of nitrogens with one attached hydrogen (secondary N) is 3. The molecular weight excluding hydrogens is 544 g/mol. The number of anilines is 2. The summed E-state index contributed by atoms with van der Waals surface area (Å²) in [5.74, 6) is 0.0631. The van der Waals surface area contributed by atoms with Gasteiger partial charge in [0.25, 0.3) is 15.9 Å². The van der Waals surface area contributed by atoms with Crippen molar-refractivity contribution in [1.82, 2.24) is 10.2 Å². The van der Waals surface area contributed by atoms with Crippen molar-refractivity contribution in [1.29, 1.82) is 0 Å². The number of rotatable bonds is 11. The number of alkyl carbamates (subject to hydrolysis) is 1. The maximum Gasteiger partial charge on any atom is 0.407 e. The molecule has 3 aromatic carbocycles. The predicted octanol–water partition coefficient (Wildman–Crippen LogP) is 5.19. The summed E-state index contributed by atoms with van der Waals surface area (Å²) in [6, 6.07) is 18.7. The molecule has 0 aliphatic carbocycles. The highest BCUT2D eigenvalue weighted by Crippen LogP contribution is 2.32. The average Bonchev–Trinajstić information content (AvgIpc) is 2.90. The van der Waals surface area contributed by atoms with Crippen molar-refractivity contribution in [3.05, 3.63) is 72.3 Å². The summed E-state index contributed by atoms with van der Waals surface area (Å²) in [4.78, 5) is 25.7. The van der Waals surface area contributed by atoms with Crippen LogP contribution in [0.1, 0.15) is 38.1 Å². The third kappa shape index (κ3) is 9.14. The number of carbonyl (C=O) groups excluding carboxylic acids is 2. The maximum atomic E-state index is 13.6. The Balaban J connectivity index is 1.79. The van der Waals surface area contributed by atoms with Crippen LogP contribution in [0, 0.1) is 0 Å². The van der Waals surface area contributed by atoms with E-state index < -0.39 is 21.7 Å². The Morgan fingerprint density at radius 1 is 0.878 bits per heavy atom. The van der Waals surface area contributed by atoms with Crippen LogP contribution in [0.3, 0.4) is 0 Å². The lowest BCUT2D eigenvalue weighted by molar-refractivity contribution is 0.0529. The van der Waals surface area contributed by atoms with Crippen LogP contribution in [0.4, 0.5) is 16.2 Å². The van der Waals surface area contributed by atoms with Gasteiger partial charge < -0.3 is 25.0 Å². The van der Waals surface area contributed by atoms with Crippen molar-refractivity contribution in [3.8, 4) is 16.9 Å². The molecule has 220 valence electrons. The van der Waals surface area contributed by atoms with E-state index >= 15 is 0 Å². The SMILES string of the molecule is CCOc1ccc(-c2cccc(C(=O)N(C)C)c2)cc1S(=O)(=O)Nc1cccc(NCCNC(=O)OC(C)(C)C)c1. The molecule has 0 bridgehead atoms. The van der Waals surface area contributed by atoms with E-state index in [-0.39, 0.29) is 23.2 Å². The van der Waals surface area contributed by atoms with Gasteiger partial charge in [-0.3, -0.25) is 9.52 Å². The van der Waals surface area contributed by atoms with Crippen molar-refractivity contribution >= 4 is 33.4 Å². The smallest absolute Gasteiger partial charge is 0.407 e. The Bertz CT molecular complexity index is 1480. The van der Waals surface area contributed by atoms with Crippen molar-refractivity contribution in [2.45, 2.75) is 38.2 Å². The van der Waals surface area contributed by atoms with Crippen LogP contribution in [0.25, 0.3) is 11.1 Å². The normalized spacial score (nSPS) is 11.4. The Hall–Kier alpha value is -4.25. The topological polar surface area (TPSA) is 126 Å². The van der Waals surface area contributed by atoms with Crippen LogP contribution in [-0.2, 0) is 14.8 Å². The van der Waals surface area contributed by atoms with Gasteiger partial charge in [-0.2, -0.15) is 0 Å². The molecule has 0 saturated heterocycles. The number of carbonyl (C=O) groups is 2. The van der Waals surface area contributed by atoms with Gasteiger partial charge in [0.15, 0.2) is 0 Å². The largest absolute Gasteiger partial charge is 0.492 e. The summed E-state index contributed by atoms with van der Waals surface area (Å²) in [5, 5.41) is 5.82. The molecule has 0 aromatic heterocycles. The molecule has 0 spiro atoms. The Kier molecular flexibility index (Phi) is 10.2. The van der Waals surface area contributed by atoms with E-state index in [4.69, 9.17) is 9.47 Å². The third-order valence-corrected chi connectivity index (χ3v) is 7.02. The van der Waals surface area contributed by atoms with Gasteiger partial charge >= 0.3 is 6.09 Å². The van der Waals surface area contributed by atoms with E-state index in [9.17, 15) is 18.0 Å². The molecule has 0 fully saturated rings. The minimum atomic E-state index is -4.06. The minimum Gasteiger partial charge on any atom is -0.492 e. The maximum absolute atomic E-state index is 13.6. The first kappa shape index (κ1) is 31.3. The fourth-order valence-electron chi connectivity index (χ4n) is 3.85. The second-order valence-corrected chi connectivity index (χ2v) is 12.1. The number of benzene rings is 3. The monoisotopic (exact) mass is 582 g/mol. The molecule has 0 aliphatic rings. The standard InChI is InChI=1S/C30H38N4O6S/c1-7-39-26-15-14-22(21-10-8-11-23(18-21)28(35)34(5)6)19-27(26)41(37,38)33-25-13-9-12-24(20-25)31-16-17-32-29(36)40-30(2,3)4/h8-15,18-20,31,33H,7,16-17H2,1-6H3,(H,32,36). The van der Waals surface area contributed by atoms with Gasteiger partial charge in [0.1, 0.15) is 16.2 Å². The van der Waals surface area contributed by atoms with E-state index in [0.29, 0.717) is 41.2 Å². The van der Waals surface area contributed by atoms with Gasteiger partial charge in [0, 0.05) is 38.4 Å². The number of sulfonamides is 1. The lowest BCUT2D eigenvalue weighted by Gasteiger charge is -2.19. The zero-order chi connectivity index (χ0) is 30.2. The summed E-state index contributed by atoms with van der Waals surface area (Å²) in [6.07, 6.45) is -0.510. The number of ether oxygens (including phenoxy) is 2. The molecule has 0 atom stereocenters. The molecular formula is C30H38N4O6S. The Morgan fingerprint density at radius 3 is 2.24 bits per heavy atom. The van der Waals surface area contributed by atoms with Crippen molar-refractivity contribution in [2.24, 2.45) is 0 Å². The first-order valence-corrected chi connectivity index (χ1v) is 14.7. The molecule has 3 aromatic rings. The highest BCUT2D eigenvalue weighted by atomic mass is 32.2. The molecule has 3 rings (SSSR count). The van der Waals surface area contributed by atoms with Gasteiger partial charge in [0.2, 0.25) is 0 Å². The van der Waals surface area contributed by atoms with Crippen LogP contribution in [0.5, 0.6) is 5.75 Å². The number of amides is 2. The van der Waals surface area contributed by atoms with Crippen LogP contribution in [0.2, 0.25) is 0 Å². The van der Waals surface area contributed by atoms with E-state index in [1.165, 1.54) is 11.0 Å². The third-order valence-electron chi connectivity index (χ3n) is 5.62. The number of nitrogens with zero attached hydrogens (tertiary/aromatic N) is 1. The summed E-state index contributed by atoms with van der Waals surface area (Å²) in [6.45, 7) is 8.15. The molecule has 0 heterocycles. The van der Waals surface area contributed by atoms with Gasteiger partial charge in [-0.15, -0.1) is 0 Å². The van der Waals surface area contributed by atoms with Crippen molar-refractivity contribution < 1.29 is 27.5 Å². The fourth-order valence-corrected chi connectivity index (χ4v) is 5.07. The lowest BCUT2D eigenvalue weighted by atomic mass is 10.0. The lowest BCUT2D eigenvalue weighted by Crippen LogP contribution is -2.34. The number of hydrogen-bond acceptors (Lipinski definition) is 7. The number of hydrogen-bond donors (Lipinski definition) is 3. The first-order valence-electron chi connectivity index (χ1n) is 13.2. The average molecular weight is 583 g/mol. The van der Waals surface area contributed by atoms with Crippen LogP contribution >= 0.6 is 0 Å². The van der Waals surface area contributed by atoms with Gasteiger partial charge in [0.05, 0.1) is 12.3 Å². The van der Waals surface area contributed by atoms with Crippen LogP contribution in [-0.4, -0.2) is 64.7 Å². The molecule has 0 radical (unpaired) electrons. The second-order valence-electron chi connectivity index (χ2n) is 10.4. The van der Waals surface area contributed by atoms with Crippen LogP contribution < -0.4 is 20.1 Å². The molecule has 0 saturated carbocycles. The summed E-state index contributed by atoms with van der Waals surface area (Å²) < 4.78 is 40.6. The molecule has 0 aliphatic heterocycles. The molecule has 2 amide bonds. The van der Waals surface area contributed by atoms with Gasteiger partial charge in [-0.25, -0.2) is 13.2 Å². The van der Waals surface area contributed by atoms with Gasteiger partial charge in [-0.05, 0) is 81.3 Å². The van der Waals surface area contributed by atoms with Gasteiger partial charge in [-0.1, -0.05) is 24.3 Å². The zero-order valence-electron chi connectivity index (χ0n) is 24.3. The highest BCUT2D eigenvalue weighted by Gasteiger charge is 2.22.